The van der Waals surface area contributed by atoms with E-state index >= 15 is 0 Å². The Hall–Kier alpha value is -2.02. The van der Waals surface area contributed by atoms with Gasteiger partial charge in [-0.15, -0.1) is 0 Å². The van der Waals surface area contributed by atoms with Crippen LogP contribution >= 0.6 is 15.9 Å². The van der Waals surface area contributed by atoms with Crippen molar-refractivity contribution in [3.63, 3.8) is 0 Å². The quantitative estimate of drug-likeness (QED) is 0.910. The number of amides is 1. The van der Waals surface area contributed by atoms with Gasteiger partial charge in [-0.1, -0.05) is 15.9 Å². The number of carbonyl (C=O) groups excluding carboxylic acids is 1. The molecule has 7 heteroatoms. The van der Waals surface area contributed by atoms with Gasteiger partial charge in [0.05, 0.1) is 18.1 Å². The van der Waals surface area contributed by atoms with E-state index in [0.29, 0.717) is 10.3 Å². The molecule has 98 valence electrons. The first-order valence-corrected chi connectivity index (χ1v) is 6.15. The molecule has 0 radical (unpaired) electrons. The van der Waals surface area contributed by atoms with Crippen LogP contribution in [0.25, 0.3) is 0 Å². The van der Waals surface area contributed by atoms with Gasteiger partial charge in [0, 0.05) is 11.5 Å². The van der Waals surface area contributed by atoms with E-state index in [1.54, 1.807) is 13.1 Å². The molecule has 0 fully saturated rings. The van der Waals surface area contributed by atoms with E-state index in [-0.39, 0.29) is 11.4 Å². The summed E-state index contributed by atoms with van der Waals surface area (Å²) >= 11 is 3.21. The van der Waals surface area contributed by atoms with Gasteiger partial charge in [0.1, 0.15) is 17.3 Å². The Balaban J connectivity index is 2.22. The summed E-state index contributed by atoms with van der Waals surface area (Å²) < 4.78 is 14.2. The van der Waals surface area contributed by atoms with Crippen molar-refractivity contribution in [3.8, 4) is 0 Å². The number of hydrogen-bond acceptors (Lipinski definition) is 4. The lowest BCUT2D eigenvalue weighted by Crippen LogP contribution is -2.15. The number of hydrogen-bond donors (Lipinski definition) is 2. The molecule has 1 amide bonds. The third-order valence-corrected chi connectivity index (χ3v) is 2.79. The zero-order chi connectivity index (χ0) is 13.8. The average molecular weight is 325 g/mol. The van der Waals surface area contributed by atoms with Crippen molar-refractivity contribution >= 4 is 33.3 Å². The fourth-order valence-corrected chi connectivity index (χ4v) is 1.74. The van der Waals surface area contributed by atoms with Gasteiger partial charge in [0.15, 0.2) is 0 Å². The molecule has 0 aliphatic heterocycles. The number of anilines is 2. The molecule has 0 aliphatic carbocycles. The van der Waals surface area contributed by atoms with Crippen LogP contribution in [-0.2, 0) is 0 Å². The molecule has 5 nitrogen and oxygen atoms in total. The molecule has 0 saturated carbocycles. The number of rotatable bonds is 3. The molecule has 0 spiro atoms. The molecule has 2 N–H and O–H groups in total. The predicted molar refractivity (Wildman–Crippen MR) is 73.6 cm³/mol. The summed E-state index contributed by atoms with van der Waals surface area (Å²) in [4.78, 5) is 19.8. The Morgan fingerprint density at radius 1 is 1.37 bits per heavy atom. The van der Waals surface area contributed by atoms with Crippen molar-refractivity contribution in [3.05, 3.63) is 46.6 Å². The van der Waals surface area contributed by atoms with Crippen molar-refractivity contribution < 1.29 is 9.18 Å². The highest BCUT2D eigenvalue weighted by atomic mass is 79.9. The van der Waals surface area contributed by atoms with Crippen molar-refractivity contribution in [2.45, 2.75) is 0 Å². The van der Waals surface area contributed by atoms with E-state index in [2.05, 4.69) is 36.5 Å². The monoisotopic (exact) mass is 324 g/mol. The summed E-state index contributed by atoms with van der Waals surface area (Å²) in [5.41, 5.74) is 0.183. The van der Waals surface area contributed by atoms with E-state index in [9.17, 15) is 9.18 Å². The first kappa shape index (κ1) is 13.4. The van der Waals surface area contributed by atoms with Crippen molar-refractivity contribution in [1.29, 1.82) is 0 Å². The minimum atomic E-state index is -0.526. The number of halogens is 2. The molecule has 0 saturated heterocycles. The first-order chi connectivity index (χ1) is 9.10. The lowest BCUT2D eigenvalue weighted by molar-refractivity contribution is 0.102. The molecule has 19 heavy (non-hydrogen) atoms. The summed E-state index contributed by atoms with van der Waals surface area (Å²) in [7, 11) is 1.67. The fourth-order valence-electron chi connectivity index (χ4n) is 1.38. The number of nitrogens with one attached hydrogen (secondary N) is 2. The third-order valence-electron chi connectivity index (χ3n) is 2.30. The molecule has 1 heterocycles. The van der Waals surface area contributed by atoms with Crippen LogP contribution in [0.2, 0.25) is 0 Å². The van der Waals surface area contributed by atoms with Crippen LogP contribution < -0.4 is 10.6 Å². The Morgan fingerprint density at radius 3 is 2.89 bits per heavy atom. The summed E-state index contributed by atoms with van der Waals surface area (Å²) in [6.07, 6.45) is 2.79. The van der Waals surface area contributed by atoms with Gasteiger partial charge in [0.25, 0.3) is 5.91 Å². The van der Waals surface area contributed by atoms with E-state index < -0.39 is 11.7 Å². The van der Waals surface area contributed by atoms with Gasteiger partial charge < -0.3 is 10.6 Å². The highest BCUT2D eigenvalue weighted by Crippen LogP contribution is 2.20. The van der Waals surface area contributed by atoms with Gasteiger partial charge in [-0.05, 0) is 18.2 Å². The molecular weight excluding hydrogens is 315 g/mol. The number of nitrogens with zero attached hydrogens (tertiary/aromatic N) is 2. The highest BCUT2D eigenvalue weighted by molar-refractivity contribution is 9.10. The van der Waals surface area contributed by atoms with E-state index in [4.69, 9.17) is 0 Å². The Labute approximate surface area is 117 Å². The fraction of sp³-hybridized carbons (Fsp3) is 0.0833. The van der Waals surface area contributed by atoms with Crippen LogP contribution in [-0.4, -0.2) is 22.9 Å². The number of carbonyl (C=O) groups is 1. The molecule has 2 rings (SSSR count). The molecule has 2 aromatic rings. The second-order valence-corrected chi connectivity index (χ2v) is 4.53. The molecule has 0 unspecified atom stereocenters. The van der Waals surface area contributed by atoms with Gasteiger partial charge in [-0.2, -0.15) is 0 Å². The zero-order valence-corrected chi connectivity index (χ0v) is 11.5. The van der Waals surface area contributed by atoms with Gasteiger partial charge in [-0.3, -0.25) is 9.78 Å². The van der Waals surface area contributed by atoms with E-state index in [1.165, 1.54) is 24.5 Å². The summed E-state index contributed by atoms with van der Waals surface area (Å²) in [6.45, 7) is 0. The summed E-state index contributed by atoms with van der Waals surface area (Å²) in [5, 5.41) is 5.22. The van der Waals surface area contributed by atoms with E-state index in [1.807, 2.05) is 0 Å². The maximum atomic E-state index is 13.5. The van der Waals surface area contributed by atoms with Crippen molar-refractivity contribution in [2.75, 3.05) is 17.7 Å². The lowest BCUT2D eigenvalue weighted by Gasteiger charge is -2.07. The normalized spacial score (nSPS) is 10.1. The third kappa shape index (κ3) is 3.25. The first-order valence-electron chi connectivity index (χ1n) is 5.36. The molecule has 1 aromatic heterocycles. The topological polar surface area (TPSA) is 66.9 Å². The van der Waals surface area contributed by atoms with Gasteiger partial charge >= 0.3 is 0 Å². The largest absolute Gasteiger partial charge is 0.372 e. The number of aromatic nitrogens is 2. The van der Waals surface area contributed by atoms with Crippen LogP contribution in [0.1, 0.15) is 10.5 Å². The summed E-state index contributed by atoms with van der Waals surface area (Å²) in [5.74, 6) is -0.585. The Morgan fingerprint density at radius 2 is 2.16 bits per heavy atom. The van der Waals surface area contributed by atoms with Gasteiger partial charge in [0.2, 0.25) is 0 Å². The standard InChI is InChI=1S/C12H10BrFN4O/c1-15-11-6-16-5-10(17-11)12(19)18-9-4-7(13)2-3-8(9)14/h2-6H,1H3,(H,15,17)(H,18,19). The molecule has 0 atom stereocenters. The van der Waals surface area contributed by atoms with Crippen molar-refractivity contribution in [1.82, 2.24) is 9.97 Å². The smallest absolute Gasteiger partial charge is 0.276 e. The van der Waals surface area contributed by atoms with Crippen molar-refractivity contribution in [2.24, 2.45) is 0 Å². The Bertz CT molecular complexity index is 620. The summed E-state index contributed by atoms with van der Waals surface area (Å²) in [6, 6.07) is 4.28. The zero-order valence-electron chi connectivity index (χ0n) is 9.95. The molecule has 0 aliphatic rings. The van der Waals surface area contributed by atoms with E-state index in [0.717, 1.165) is 0 Å². The molecule has 1 aromatic carbocycles. The predicted octanol–water partition coefficient (Wildman–Crippen LogP) is 2.67. The maximum Gasteiger partial charge on any atom is 0.276 e. The van der Waals surface area contributed by atoms with Crippen LogP contribution in [0.3, 0.4) is 0 Å². The lowest BCUT2D eigenvalue weighted by atomic mass is 10.3. The minimum absolute atomic E-state index is 0.0797. The SMILES string of the molecule is CNc1cncc(C(=O)Nc2cc(Br)ccc2F)n1. The average Bonchev–Trinajstić information content (AvgIpc) is 2.43. The Kier molecular flexibility index (Phi) is 4.06. The second-order valence-electron chi connectivity index (χ2n) is 3.62. The number of benzene rings is 1. The molecule has 0 bridgehead atoms. The van der Waals surface area contributed by atoms with Gasteiger partial charge in [-0.25, -0.2) is 9.37 Å². The molecular formula is C12H10BrFN4O. The highest BCUT2D eigenvalue weighted by Gasteiger charge is 2.11. The second kappa shape index (κ2) is 5.75. The minimum Gasteiger partial charge on any atom is -0.372 e. The van der Waals surface area contributed by atoms with Crippen LogP contribution in [0.15, 0.2) is 35.1 Å². The van der Waals surface area contributed by atoms with Crippen LogP contribution in [0.4, 0.5) is 15.9 Å². The maximum absolute atomic E-state index is 13.5. The van der Waals surface area contributed by atoms with Crippen LogP contribution in [0, 0.1) is 5.82 Å². The van der Waals surface area contributed by atoms with Crippen LogP contribution in [0.5, 0.6) is 0 Å².